The van der Waals surface area contributed by atoms with E-state index >= 15 is 0 Å². The number of rotatable bonds is 3. The van der Waals surface area contributed by atoms with Gasteiger partial charge in [0.2, 0.25) is 9.84 Å². The lowest BCUT2D eigenvalue weighted by molar-refractivity contribution is -0.387. The average molecular weight is 327 g/mol. The Hall–Kier alpha value is -2.73. The van der Waals surface area contributed by atoms with Crippen molar-refractivity contribution in [3.63, 3.8) is 0 Å². The lowest BCUT2D eigenvalue weighted by Gasteiger charge is -2.08. The van der Waals surface area contributed by atoms with E-state index in [1.54, 1.807) is 30.3 Å². The summed E-state index contributed by atoms with van der Waals surface area (Å²) in [5.74, 6) is 0. The van der Waals surface area contributed by atoms with Gasteiger partial charge in [-0.3, -0.25) is 10.1 Å². The Balaban J connectivity index is 2.37. The first-order valence-corrected chi connectivity index (χ1v) is 8.37. The fourth-order valence-electron chi connectivity index (χ4n) is 2.53. The molecular formula is C17H13NO4S. The summed E-state index contributed by atoms with van der Waals surface area (Å²) in [5, 5.41) is 12.7. The molecule has 0 N–H and O–H groups in total. The van der Waals surface area contributed by atoms with Crippen LogP contribution in [0.15, 0.2) is 70.5 Å². The smallest absolute Gasteiger partial charge is 0.258 e. The summed E-state index contributed by atoms with van der Waals surface area (Å²) in [7, 11) is -3.96. The van der Waals surface area contributed by atoms with Gasteiger partial charge in [0.25, 0.3) is 5.69 Å². The molecule has 116 valence electrons. The third-order valence-corrected chi connectivity index (χ3v) is 5.52. The van der Waals surface area contributed by atoms with Gasteiger partial charge in [0.05, 0.1) is 9.82 Å². The summed E-state index contributed by atoms with van der Waals surface area (Å²) in [5.41, 5.74) is 0.449. The van der Waals surface area contributed by atoms with E-state index in [0.717, 1.165) is 5.56 Å². The Morgan fingerprint density at radius 3 is 2.30 bits per heavy atom. The van der Waals surface area contributed by atoms with Gasteiger partial charge in [-0.25, -0.2) is 8.42 Å². The van der Waals surface area contributed by atoms with Gasteiger partial charge >= 0.3 is 0 Å². The minimum absolute atomic E-state index is 0.0371. The zero-order chi connectivity index (χ0) is 16.6. The van der Waals surface area contributed by atoms with Crippen LogP contribution in [0.1, 0.15) is 5.56 Å². The van der Waals surface area contributed by atoms with E-state index in [2.05, 4.69) is 0 Å². The van der Waals surface area contributed by atoms with Crippen molar-refractivity contribution in [1.29, 1.82) is 0 Å². The van der Waals surface area contributed by atoms with Crippen molar-refractivity contribution in [3.8, 4) is 0 Å². The number of nitrogens with zero attached hydrogens (tertiary/aromatic N) is 1. The minimum Gasteiger partial charge on any atom is -0.258 e. The summed E-state index contributed by atoms with van der Waals surface area (Å²) in [4.78, 5) is 10.5. The number of hydrogen-bond acceptors (Lipinski definition) is 4. The molecule has 3 rings (SSSR count). The summed E-state index contributed by atoms with van der Waals surface area (Å²) in [6, 6.07) is 15.8. The zero-order valence-electron chi connectivity index (χ0n) is 12.3. The predicted molar refractivity (Wildman–Crippen MR) is 87.2 cm³/mol. The molecule has 0 spiro atoms. The van der Waals surface area contributed by atoms with E-state index in [4.69, 9.17) is 0 Å². The SMILES string of the molecule is Cc1cccc2cc(S(=O)(=O)c3ccccc3)c([N+](=O)[O-])cc12. The van der Waals surface area contributed by atoms with Crippen LogP contribution in [-0.4, -0.2) is 13.3 Å². The van der Waals surface area contributed by atoms with Crippen molar-refractivity contribution in [2.75, 3.05) is 0 Å². The number of nitro groups is 1. The number of sulfone groups is 1. The maximum Gasteiger partial charge on any atom is 0.289 e. The fourth-order valence-corrected chi connectivity index (χ4v) is 3.99. The Kier molecular flexibility index (Phi) is 3.61. The molecule has 0 aliphatic carbocycles. The van der Waals surface area contributed by atoms with Gasteiger partial charge in [0.15, 0.2) is 0 Å². The van der Waals surface area contributed by atoms with Crippen molar-refractivity contribution < 1.29 is 13.3 Å². The number of benzene rings is 3. The monoisotopic (exact) mass is 327 g/mol. The van der Waals surface area contributed by atoms with Crippen LogP contribution in [0, 0.1) is 17.0 Å². The van der Waals surface area contributed by atoms with E-state index in [1.165, 1.54) is 24.3 Å². The molecule has 0 amide bonds. The first-order chi connectivity index (χ1) is 10.9. The molecule has 0 aliphatic rings. The quantitative estimate of drug-likeness (QED) is 0.540. The number of aryl methyl sites for hydroxylation is 1. The van der Waals surface area contributed by atoms with Crippen molar-refractivity contribution in [3.05, 3.63) is 76.3 Å². The Bertz CT molecular complexity index is 1010. The highest BCUT2D eigenvalue weighted by atomic mass is 32.2. The normalized spacial score (nSPS) is 11.5. The van der Waals surface area contributed by atoms with Crippen LogP contribution < -0.4 is 0 Å². The Labute approximate surface area is 133 Å². The lowest BCUT2D eigenvalue weighted by atomic mass is 10.1. The molecule has 0 heterocycles. The van der Waals surface area contributed by atoms with E-state index in [9.17, 15) is 18.5 Å². The first kappa shape index (κ1) is 15.2. The minimum atomic E-state index is -3.96. The summed E-state index contributed by atoms with van der Waals surface area (Å²) in [6.45, 7) is 1.83. The topological polar surface area (TPSA) is 77.3 Å². The summed E-state index contributed by atoms with van der Waals surface area (Å²) >= 11 is 0. The van der Waals surface area contributed by atoms with Crippen LogP contribution in [0.4, 0.5) is 5.69 Å². The third kappa shape index (κ3) is 2.57. The molecule has 3 aromatic carbocycles. The molecule has 0 saturated carbocycles. The second kappa shape index (κ2) is 5.48. The van der Waals surface area contributed by atoms with Crippen LogP contribution in [0.5, 0.6) is 0 Å². The van der Waals surface area contributed by atoms with Crippen molar-refractivity contribution in [2.24, 2.45) is 0 Å². The molecule has 0 aliphatic heterocycles. The molecule has 0 radical (unpaired) electrons. The zero-order valence-corrected chi connectivity index (χ0v) is 13.1. The van der Waals surface area contributed by atoms with Gasteiger partial charge in [-0.05, 0) is 41.5 Å². The van der Waals surface area contributed by atoms with Crippen molar-refractivity contribution in [1.82, 2.24) is 0 Å². The van der Waals surface area contributed by atoms with Gasteiger partial charge < -0.3 is 0 Å². The molecule has 6 heteroatoms. The second-order valence-electron chi connectivity index (χ2n) is 5.19. The van der Waals surface area contributed by atoms with Crippen LogP contribution in [0.3, 0.4) is 0 Å². The van der Waals surface area contributed by atoms with Gasteiger partial charge in [-0.1, -0.05) is 36.4 Å². The second-order valence-corrected chi connectivity index (χ2v) is 7.11. The van der Waals surface area contributed by atoms with Crippen molar-refractivity contribution >= 4 is 26.3 Å². The highest BCUT2D eigenvalue weighted by Crippen LogP contribution is 2.34. The predicted octanol–water partition coefficient (Wildman–Crippen LogP) is 3.89. The van der Waals surface area contributed by atoms with Crippen LogP contribution in [0.25, 0.3) is 10.8 Å². The third-order valence-electron chi connectivity index (χ3n) is 3.72. The maximum atomic E-state index is 12.8. The first-order valence-electron chi connectivity index (χ1n) is 6.89. The number of nitro benzene ring substituents is 1. The van der Waals surface area contributed by atoms with Crippen LogP contribution in [-0.2, 0) is 9.84 Å². The number of fused-ring (bicyclic) bond motifs is 1. The highest BCUT2D eigenvalue weighted by molar-refractivity contribution is 7.91. The van der Waals surface area contributed by atoms with Gasteiger partial charge in [-0.15, -0.1) is 0 Å². The molecule has 0 saturated heterocycles. The van der Waals surface area contributed by atoms with Crippen LogP contribution in [0.2, 0.25) is 0 Å². The average Bonchev–Trinajstić information content (AvgIpc) is 2.55. The lowest BCUT2D eigenvalue weighted by Crippen LogP contribution is -2.06. The highest BCUT2D eigenvalue weighted by Gasteiger charge is 2.28. The Morgan fingerprint density at radius 2 is 1.65 bits per heavy atom. The van der Waals surface area contributed by atoms with Gasteiger partial charge in [0, 0.05) is 6.07 Å². The molecule has 3 aromatic rings. The molecule has 0 aromatic heterocycles. The standard InChI is InChI=1S/C17H13NO4S/c1-12-6-5-7-13-10-17(16(18(19)20)11-15(12)13)23(21,22)14-8-3-2-4-9-14/h2-11H,1H3. The molecule has 0 fully saturated rings. The van der Waals surface area contributed by atoms with Crippen molar-refractivity contribution in [2.45, 2.75) is 16.7 Å². The van der Waals surface area contributed by atoms with E-state index in [-0.39, 0.29) is 9.79 Å². The van der Waals surface area contributed by atoms with E-state index in [0.29, 0.717) is 10.8 Å². The summed E-state index contributed by atoms with van der Waals surface area (Å²) < 4.78 is 25.6. The molecule has 5 nitrogen and oxygen atoms in total. The molecule has 0 atom stereocenters. The van der Waals surface area contributed by atoms with E-state index in [1.807, 2.05) is 13.0 Å². The largest absolute Gasteiger partial charge is 0.289 e. The molecule has 23 heavy (non-hydrogen) atoms. The fraction of sp³-hybridized carbons (Fsp3) is 0.0588. The van der Waals surface area contributed by atoms with Gasteiger partial charge in [-0.2, -0.15) is 0 Å². The van der Waals surface area contributed by atoms with E-state index < -0.39 is 20.4 Å². The Morgan fingerprint density at radius 1 is 0.957 bits per heavy atom. The molecule has 0 unspecified atom stereocenters. The summed E-state index contributed by atoms with van der Waals surface area (Å²) in [6.07, 6.45) is 0. The maximum absolute atomic E-state index is 12.8. The molecule has 0 bridgehead atoms. The number of hydrogen-bond donors (Lipinski definition) is 0. The van der Waals surface area contributed by atoms with Gasteiger partial charge in [0.1, 0.15) is 4.90 Å². The molecular weight excluding hydrogens is 314 g/mol. The van der Waals surface area contributed by atoms with Crippen LogP contribution >= 0.6 is 0 Å².